The minimum absolute atomic E-state index is 0.178. The van der Waals surface area contributed by atoms with Crippen LogP contribution in [0.15, 0.2) is 0 Å². The average molecular weight is 338 g/mol. The average Bonchev–Trinajstić information content (AvgIpc) is 2.26. The lowest BCUT2D eigenvalue weighted by Gasteiger charge is -2.40. The van der Waals surface area contributed by atoms with Crippen LogP contribution in [0.4, 0.5) is 0 Å². The van der Waals surface area contributed by atoms with E-state index in [-0.39, 0.29) is 16.6 Å². The van der Waals surface area contributed by atoms with Crippen molar-refractivity contribution in [1.29, 1.82) is 0 Å². The third-order valence-corrected chi connectivity index (χ3v) is 9.20. The molecule has 0 spiro atoms. The Hall–Kier alpha value is 0.590. The van der Waals surface area contributed by atoms with Crippen LogP contribution in [0, 0.1) is 5.92 Å². The van der Waals surface area contributed by atoms with Crippen molar-refractivity contribution in [1.82, 2.24) is 0 Å². The van der Waals surface area contributed by atoms with Gasteiger partial charge in [0.2, 0.25) is 5.69 Å². The van der Waals surface area contributed by atoms with Gasteiger partial charge < -0.3 is 9.05 Å². The second kappa shape index (κ2) is 7.73. The number of rotatable bonds is 7. The minimum atomic E-state index is -2.33. The zero-order chi connectivity index (χ0) is 15.4. The molecule has 118 valence electrons. The van der Waals surface area contributed by atoms with Gasteiger partial charge in [-0.25, -0.2) is 0 Å². The van der Waals surface area contributed by atoms with E-state index in [1.807, 2.05) is 13.8 Å². The van der Waals surface area contributed by atoms with Crippen LogP contribution >= 0.6 is 17.1 Å². The van der Waals surface area contributed by atoms with Crippen molar-refractivity contribution in [3.05, 3.63) is 0 Å². The molecule has 0 N–H and O–H groups in total. The Balaban J connectivity index is 2.74. The van der Waals surface area contributed by atoms with Gasteiger partial charge in [-0.15, -0.1) is 0 Å². The van der Waals surface area contributed by atoms with Gasteiger partial charge in [0.25, 0.3) is 0 Å². The molecular formula is C14H27O3PS2. The highest BCUT2D eigenvalue weighted by Gasteiger charge is 2.39. The van der Waals surface area contributed by atoms with E-state index >= 15 is 0 Å². The maximum absolute atomic E-state index is 11.4. The zero-order valence-corrected chi connectivity index (χ0v) is 15.7. The van der Waals surface area contributed by atoms with Crippen molar-refractivity contribution >= 4 is 34.7 Å². The summed E-state index contributed by atoms with van der Waals surface area (Å²) in [6, 6.07) is 0. The van der Waals surface area contributed by atoms with Gasteiger partial charge in [0.05, 0.1) is 12.7 Å². The lowest BCUT2D eigenvalue weighted by molar-refractivity contribution is -0.117. The summed E-state index contributed by atoms with van der Waals surface area (Å²) in [5.41, 5.74) is -2.33. The van der Waals surface area contributed by atoms with E-state index in [0.29, 0.717) is 18.9 Å². The van der Waals surface area contributed by atoms with Crippen molar-refractivity contribution in [3.8, 4) is 0 Å². The van der Waals surface area contributed by atoms with Crippen molar-refractivity contribution in [2.24, 2.45) is 5.92 Å². The number of hydrogen-bond donors (Lipinski definition) is 0. The topological polar surface area (TPSA) is 35.5 Å². The van der Waals surface area contributed by atoms with E-state index in [4.69, 9.17) is 20.9 Å². The third kappa shape index (κ3) is 5.76. The van der Waals surface area contributed by atoms with Crippen molar-refractivity contribution < 1.29 is 13.8 Å². The van der Waals surface area contributed by atoms with Crippen LogP contribution < -0.4 is 0 Å². The number of hydrogen-bond acceptors (Lipinski definition) is 5. The number of carbonyl (C=O) groups is 1. The molecule has 1 aliphatic rings. The van der Waals surface area contributed by atoms with Gasteiger partial charge in [-0.3, -0.25) is 4.79 Å². The Labute approximate surface area is 132 Å². The maximum atomic E-state index is 11.4. The zero-order valence-electron chi connectivity index (χ0n) is 13.2. The molecule has 0 saturated carbocycles. The van der Waals surface area contributed by atoms with Gasteiger partial charge in [-0.1, -0.05) is 31.7 Å². The molecule has 0 aromatic rings. The van der Waals surface area contributed by atoms with Crippen LogP contribution in [0.5, 0.6) is 0 Å². The molecule has 3 atom stereocenters. The summed E-state index contributed by atoms with van der Waals surface area (Å²) in [7, 11) is 0. The standard InChI is InChI=1S/C14H27O3PS2/c1-6-8-13-12(7-2)10-16-18(19,17-13)20-14(4,5)9-11(3)15/h12-13H,6-10H2,1-5H3. The molecule has 3 nitrogen and oxygen atoms in total. The summed E-state index contributed by atoms with van der Waals surface area (Å²) in [5.74, 6) is 0.625. The first kappa shape index (κ1) is 18.6. The summed E-state index contributed by atoms with van der Waals surface area (Å²) in [5, 5.41) is 0. The fourth-order valence-corrected chi connectivity index (χ4v) is 9.67. The maximum Gasteiger partial charge on any atom is 0.248 e. The molecular weight excluding hydrogens is 311 g/mol. The SMILES string of the molecule is CCCC1OP(=S)(SC(C)(C)CC(C)=O)OCC1CC. The van der Waals surface area contributed by atoms with E-state index in [1.54, 1.807) is 18.3 Å². The lowest BCUT2D eigenvalue weighted by Crippen LogP contribution is -2.31. The van der Waals surface area contributed by atoms with Gasteiger partial charge in [0.1, 0.15) is 5.78 Å². The highest BCUT2D eigenvalue weighted by molar-refractivity contribution is 8.68. The Morgan fingerprint density at radius 2 is 2.10 bits per heavy atom. The van der Waals surface area contributed by atoms with E-state index in [0.717, 1.165) is 19.3 Å². The summed E-state index contributed by atoms with van der Waals surface area (Å²) >= 11 is 7.22. The van der Waals surface area contributed by atoms with Crippen LogP contribution in [0.25, 0.3) is 0 Å². The number of carbonyl (C=O) groups excluding carboxylic acids is 1. The molecule has 20 heavy (non-hydrogen) atoms. The molecule has 6 heteroatoms. The van der Waals surface area contributed by atoms with Crippen LogP contribution in [0.1, 0.15) is 60.3 Å². The minimum Gasteiger partial charge on any atom is -0.321 e. The lowest BCUT2D eigenvalue weighted by atomic mass is 9.97. The van der Waals surface area contributed by atoms with Crippen molar-refractivity contribution in [2.75, 3.05) is 6.61 Å². The predicted octanol–water partition coefficient (Wildman–Crippen LogP) is 4.94. The quantitative estimate of drug-likeness (QED) is 0.614. The van der Waals surface area contributed by atoms with E-state index in [1.165, 1.54) is 0 Å². The Bertz CT molecular complexity index is 385. The summed E-state index contributed by atoms with van der Waals surface area (Å²) in [4.78, 5) is 11.4. The van der Waals surface area contributed by atoms with E-state index < -0.39 is 5.69 Å². The molecule has 0 bridgehead atoms. The van der Waals surface area contributed by atoms with Crippen molar-refractivity contribution in [3.63, 3.8) is 0 Å². The molecule has 1 saturated heterocycles. The molecule has 0 aromatic carbocycles. The van der Waals surface area contributed by atoms with Gasteiger partial charge >= 0.3 is 0 Å². The van der Waals surface area contributed by atoms with E-state index in [2.05, 4.69) is 13.8 Å². The van der Waals surface area contributed by atoms with Crippen LogP contribution in [0.2, 0.25) is 0 Å². The molecule has 1 heterocycles. The molecule has 0 aliphatic carbocycles. The first-order chi connectivity index (χ1) is 9.21. The first-order valence-electron chi connectivity index (χ1n) is 7.34. The van der Waals surface area contributed by atoms with Crippen LogP contribution in [-0.4, -0.2) is 23.2 Å². The third-order valence-electron chi connectivity index (χ3n) is 3.37. The molecule has 1 rings (SSSR count). The largest absolute Gasteiger partial charge is 0.321 e. The molecule has 3 unspecified atom stereocenters. The summed E-state index contributed by atoms with van der Waals surface area (Å²) in [6.45, 7) is 10.7. The molecule has 1 aliphatic heterocycles. The Morgan fingerprint density at radius 1 is 1.45 bits per heavy atom. The van der Waals surface area contributed by atoms with Crippen LogP contribution in [-0.2, 0) is 25.6 Å². The van der Waals surface area contributed by atoms with Gasteiger partial charge in [-0.2, -0.15) is 0 Å². The van der Waals surface area contributed by atoms with Crippen molar-refractivity contribution in [2.45, 2.75) is 71.2 Å². The Kier molecular flexibility index (Phi) is 7.21. The van der Waals surface area contributed by atoms with E-state index in [9.17, 15) is 4.79 Å². The molecule has 0 aromatic heterocycles. The summed E-state index contributed by atoms with van der Waals surface area (Å²) in [6.07, 6.45) is 3.90. The van der Waals surface area contributed by atoms with Gasteiger partial charge in [0.15, 0.2) is 0 Å². The second-order valence-corrected chi connectivity index (χ2v) is 12.9. The molecule has 0 radical (unpaired) electrons. The van der Waals surface area contributed by atoms with Crippen LogP contribution in [0.3, 0.4) is 0 Å². The van der Waals surface area contributed by atoms with Gasteiger partial charge in [-0.05, 0) is 45.4 Å². The fourth-order valence-electron chi connectivity index (χ4n) is 2.51. The Morgan fingerprint density at radius 3 is 2.60 bits per heavy atom. The second-order valence-electron chi connectivity index (χ2n) is 6.07. The normalized spacial score (nSPS) is 31.2. The van der Waals surface area contributed by atoms with Gasteiger partial charge in [0, 0.05) is 17.1 Å². The monoisotopic (exact) mass is 338 g/mol. The smallest absolute Gasteiger partial charge is 0.248 e. The number of Topliss-reactive ketones (excluding diaryl/α,β-unsaturated/α-hetero) is 1. The first-order valence-corrected chi connectivity index (χ1v) is 11.4. The fraction of sp³-hybridized carbons (Fsp3) is 0.929. The summed E-state index contributed by atoms with van der Waals surface area (Å²) < 4.78 is 11.9. The molecule has 0 amide bonds. The number of ketones is 1. The molecule has 1 fully saturated rings. The highest BCUT2D eigenvalue weighted by Crippen LogP contribution is 2.69. The predicted molar refractivity (Wildman–Crippen MR) is 90.8 cm³/mol. The highest BCUT2D eigenvalue weighted by atomic mass is 32.9.